The lowest BCUT2D eigenvalue weighted by Gasteiger charge is -2.08. The SMILES string of the molecule is O=C(COC(=O)COc1ccccc1)NCCSc1ccc(Cl)cc1. The van der Waals surface area contributed by atoms with Crippen LogP contribution in [0, 0.1) is 0 Å². The molecule has 2 aromatic carbocycles. The highest BCUT2D eigenvalue weighted by Crippen LogP contribution is 2.19. The fourth-order valence-electron chi connectivity index (χ4n) is 1.79. The van der Waals surface area contributed by atoms with Gasteiger partial charge in [0.2, 0.25) is 0 Å². The molecule has 2 aromatic rings. The van der Waals surface area contributed by atoms with Crippen molar-refractivity contribution in [3.05, 3.63) is 59.6 Å². The van der Waals surface area contributed by atoms with Crippen LogP contribution >= 0.6 is 23.4 Å². The molecule has 0 aliphatic carbocycles. The van der Waals surface area contributed by atoms with E-state index in [9.17, 15) is 9.59 Å². The number of benzene rings is 2. The summed E-state index contributed by atoms with van der Waals surface area (Å²) >= 11 is 7.42. The summed E-state index contributed by atoms with van der Waals surface area (Å²) in [6.45, 7) is -0.0729. The van der Waals surface area contributed by atoms with E-state index in [2.05, 4.69) is 5.32 Å². The fraction of sp³-hybridized carbons (Fsp3) is 0.222. The Hall–Kier alpha value is -2.18. The Bertz CT molecular complexity index is 679. The quantitative estimate of drug-likeness (QED) is 0.412. The molecule has 0 saturated carbocycles. The van der Waals surface area contributed by atoms with Crippen molar-refractivity contribution in [2.24, 2.45) is 0 Å². The van der Waals surface area contributed by atoms with E-state index in [0.717, 1.165) is 4.90 Å². The van der Waals surface area contributed by atoms with Gasteiger partial charge in [0.25, 0.3) is 5.91 Å². The van der Waals surface area contributed by atoms with E-state index in [1.165, 1.54) is 0 Å². The number of hydrogen-bond donors (Lipinski definition) is 1. The van der Waals surface area contributed by atoms with Gasteiger partial charge in [0.1, 0.15) is 5.75 Å². The Balaban J connectivity index is 1.54. The molecule has 0 atom stereocenters. The molecule has 0 saturated heterocycles. The molecule has 0 radical (unpaired) electrons. The van der Waals surface area contributed by atoms with Crippen LogP contribution in [0.1, 0.15) is 0 Å². The van der Waals surface area contributed by atoms with Crippen LogP contribution in [0.5, 0.6) is 5.75 Å². The number of para-hydroxylation sites is 1. The number of carbonyl (C=O) groups excluding carboxylic acids is 2. The second kappa shape index (κ2) is 10.6. The average molecular weight is 380 g/mol. The van der Waals surface area contributed by atoms with E-state index >= 15 is 0 Å². The number of rotatable bonds is 9. The summed E-state index contributed by atoms with van der Waals surface area (Å²) in [7, 11) is 0. The molecule has 0 heterocycles. The van der Waals surface area contributed by atoms with Crippen LogP contribution in [-0.4, -0.2) is 37.4 Å². The minimum atomic E-state index is -0.588. The number of nitrogens with one attached hydrogen (secondary N) is 1. The number of amides is 1. The van der Waals surface area contributed by atoms with Crippen molar-refractivity contribution in [3.8, 4) is 5.75 Å². The van der Waals surface area contributed by atoms with E-state index in [4.69, 9.17) is 21.1 Å². The van der Waals surface area contributed by atoms with Crippen molar-refractivity contribution in [2.45, 2.75) is 4.90 Å². The first kappa shape index (κ1) is 19.1. The Labute approximate surface area is 155 Å². The second-order valence-electron chi connectivity index (χ2n) is 4.91. The van der Waals surface area contributed by atoms with Gasteiger partial charge in [-0.3, -0.25) is 4.79 Å². The third-order valence-corrected chi connectivity index (χ3v) is 4.24. The average Bonchev–Trinajstić information content (AvgIpc) is 2.64. The van der Waals surface area contributed by atoms with Gasteiger partial charge in [-0.1, -0.05) is 29.8 Å². The summed E-state index contributed by atoms with van der Waals surface area (Å²) in [6, 6.07) is 16.4. The van der Waals surface area contributed by atoms with Crippen LogP contribution < -0.4 is 10.1 Å². The predicted molar refractivity (Wildman–Crippen MR) is 98.1 cm³/mol. The minimum Gasteiger partial charge on any atom is -0.482 e. The van der Waals surface area contributed by atoms with Crippen LogP contribution in [0.25, 0.3) is 0 Å². The predicted octanol–water partition coefficient (Wildman–Crippen LogP) is 3.17. The van der Waals surface area contributed by atoms with Crippen LogP contribution in [-0.2, 0) is 14.3 Å². The number of halogens is 1. The Kier molecular flexibility index (Phi) is 8.15. The first-order chi connectivity index (χ1) is 12.1. The van der Waals surface area contributed by atoms with E-state index in [1.807, 2.05) is 30.3 Å². The maximum Gasteiger partial charge on any atom is 0.344 e. The molecule has 0 fully saturated rings. The van der Waals surface area contributed by atoms with Gasteiger partial charge in [-0.15, -0.1) is 11.8 Å². The molecule has 0 aromatic heterocycles. The maximum atomic E-state index is 11.6. The van der Waals surface area contributed by atoms with Crippen molar-refractivity contribution >= 4 is 35.2 Å². The second-order valence-corrected chi connectivity index (χ2v) is 6.52. The maximum absolute atomic E-state index is 11.6. The van der Waals surface area contributed by atoms with Crippen LogP contribution in [0.3, 0.4) is 0 Å². The molecule has 1 amide bonds. The number of hydrogen-bond acceptors (Lipinski definition) is 5. The zero-order valence-electron chi connectivity index (χ0n) is 13.4. The number of ether oxygens (including phenoxy) is 2. The lowest BCUT2D eigenvalue weighted by atomic mass is 10.3. The van der Waals surface area contributed by atoms with E-state index in [1.54, 1.807) is 36.0 Å². The van der Waals surface area contributed by atoms with Gasteiger partial charge >= 0.3 is 5.97 Å². The lowest BCUT2D eigenvalue weighted by Crippen LogP contribution is -2.31. The van der Waals surface area contributed by atoms with Gasteiger partial charge < -0.3 is 14.8 Å². The molecule has 0 unspecified atom stereocenters. The van der Waals surface area contributed by atoms with Crippen molar-refractivity contribution in [2.75, 3.05) is 25.5 Å². The van der Waals surface area contributed by atoms with Gasteiger partial charge in [0, 0.05) is 22.2 Å². The number of esters is 1. The van der Waals surface area contributed by atoms with Gasteiger partial charge in [-0.25, -0.2) is 4.79 Å². The van der Waals surface area contributed by atoms with Crippen molar-refractivity contribution in [3.63, 3.8) is 0 Å². The third kappa shape index (κ3) is 7.96. The molecular weight excluding hydrogens is 362 g/mol. The minimum absolute atomic E-state index is 0.232. The highest BCUT2D eigenvalue weighted by Gasteiger charge is 2.08. The summed E-state index contributed by atoms with van der Waals surface area (Å²) in [6.07, 6.45) is 0. The van der Waals surface area contributed by atoms with Crippen molar-refractivity contribution < 1.29 is 19.1 Å². The summed E-state index contributed by atoms with van der Waals surface area (Å²) in [5.74, 6) is 0.348. The molecule has 0 bridgehead atoms. The number of carbonyl (C=O) groups is 2. The van der Waals surface area contributed by atoms with Crippen LogP contribution in [0.15, 0.2) is 59.5 Å². The highest BCUT2D eigenvalue weighted by molar-refractivity contribution is 7.99. The largest absolute Gasteiger partial charge is 0.482 e. The molecule has 0 spiro atoms. The third-order valence-electron chi connectivity index (χ3n) is 2.97. The first-order valence-electron chi connectivity index (χ1n) is 7.62. The van der Waals surface area contributed by atoms with Gasteiger partial charge in [-0.2, -0.15) is 0 Å². The molecule has 2 rings (SSSR count). The monoisotopic (exact) mass is 379 g/mol. The Morgan fingerprint density at radius 1 is 1.00 bits per heavy atom. The summed E-state index contributed by atoms with van der Waals surface area (Å²) in [4.78, 5) is 24.2. The van der Waals surface area contributed by atoms with E-state index < -0.39 is 5.97 Å². The summed E-state index contributed by atoms with van der Waals surface area (Å²) in [5, 5.41) is 3.38. The zero-order chi connectivity index (χ0) is 17.9. The van der Waals surface area contributed by atoms with Gasteiger partial charge in [-0.05, 0) is 36.4 Å². The first-order valence-corrected chi connectivity index (χ1v) is 8.98. The normalized spacial score (nSPS) is 10.1. The van der Waals surface area contributed by atoms with Crippen LogP contribution in [0.2, 0.25) is 5.02 Å². The van der Waals surface area contributed by atoms with E-state index in [-0.39, 0.29) is 19.1 Å². The lowest BCUT2D eigenvalue weighted by molar-refractivity contribution is -0.150. The van der Waals surface area contributed by atoms with Gasteiger partial charge in [0.05, 0.1) is 0 Å². The molecule has 5 nitrogen and oxygen atoms in total. The van der Waals surface area contributed by atoms with Crippen molar-refractivity contribution in [1.29, 1.82) is 0 Å². The summed E-state index contributed by atoms with van der Waals surface area (Å²) in [5.41, 5.74) is 0. The Morgan fingerprint density at radius 3 is 2.44 bits per heavy atom. The van der Waals surface area contributed by atoms with Crippen molar-refractivity contribution in [1.82, 2.24) is 5.32 Å². The standard InChI is InChI=1S/C18H18ClNO4S/c19-14-6-8-16(9-7-14)25-11-10-20-17(21)12-24-18(22)13-23-15-4-2-1-3-5-15/h1-9H,10-13H2,(H,20,21). The van der Waals surface area contributed by atoms with Gasteiger partial charge in [0.15, 0.2) is 13.2 Å². The van der Waals surface area contributed by atoms with E-state index in [0.29, 0.717) is 23.1 Å². The highest BCUT2D eigenvalue weighted by atomic mass is 35.5. The Morgan fingerprint density at radius 2 is 1.72 bits per heavy atom. The molecule has 132 valence electrons. The zero-order valence-corrected chi connectivity index (χ0v) is 15.0. The fourth-order valence-corrected chi connectivity index (χ4v) is 2.68. The molecule has 7 heteroatoms. The summed E-state index contributed by atoms with van der Waals surface area (Å²) < 4.78 is 10.1. The molecular formula is C18H18ClNO4S. The molecule has 1 N–H and O–H groups in total. The topological polar surface area (TPSA) is 64.6 Å². The van der Waals surface area contributed by atoms with Crippen LogP contribution in [0.4, 0.5) is 0 Å². The smallest absolute Gasteiger partial charge is 0.344 e. The molecule has 0 aliphatic rings. The number of thioether (sulfide) groups is 1. The molecule has 0 aliphatic heterocycles. The molecule has 25 heavy (non-hydrogen) atoms.